The summed E-state index contributed by atoms with van der Waals surface area (Å²) >= 11 is 0. The Kier molecular flexibility index (Phi) is 9.44. The number of benzene rings is 1. The van der Waals surface area contributed by atoms with Crippen LogP contribution in [0.2, 0.25) is 0 Å². The second-order valence-corrected chi connectivity index (χ2v) is 7.10. The summed E-state index contributed by atoms with van der Waals surface area (Å²) in [5.74, 6) is -0.321. The minimum Gasteiger partial charge on any atom is -0.465 e. The number of ether oxygens (including phenoxy) is 1. The molecule has 0 bridgehead atoms. The third kappa shape index (κ3) is 5.22. The van der Waals surface area contributed by atoms with Crippen molar-refractivity contribution in [3.8, 4) is 11.4 Å². The van der Waals surface area contributed by atoms with Gasteiger partial charge in [-0.15, -0.1) is 0 Å². The number of methoxy groups -OCH3 is 1. The van der Waals surface area contributed by atoms with E-state index < -0.39 is 0 Å². The Morgan fingerprint density at radius 1 is 1.06 bits per heavy atom. The molecule has 3 heterocycles. The van der Waals surface area contributed by atoms with Crippen LogP contribution in [0.5, 0.6) is 0 Å². The summed E-state index contributed by atoms with van der Waals surface area (Å²) < 4.78 is 7.11. The standard InChI is InChI=1S/C20H19N3O2.C4H10.C2H6/c1-3-5-15-14-8-7-13(20(24)25-2)12-17(14)23-11-4-6-16-18(19(15)23)22-10-9-21-16;1-3-4-2;1-2/h4,6-10,12H,3,5,11H2,1-2H3;3-4H2,1-2H3;1-2H3. The van der Waals surface area contributed by atoms with E-state index in [9.17, 15) is 4.79 Å². The van der Waals surface area contributed by atoms with Crippen LogP contribution < -0.4 is 0 Å². The average molecular weight is 422 g/mol. The van der Waals surface area contributed by atoms with Crippen LogP contribution >= 0.6 is 0 Å². The molecule has 0 fully saturated rings. The van der Waals surface area contributed by atoms with Crippen molar-refractivity contribution in [2.45, 2.75) is 66.8 Å². The fourth-order valence-corrected chi connectivity index (χ4v) is 3.55. The lowest BCUT2D eigenvalue weighted by atomic mass is 10.0. The highest BCUT2D eigenvalue weighted by Gasteiger charge is 2.23. The molecule has 5 nitrogen and oxygen atoms in total. The van der Waals surface area contributed by atoms with Crippen LogP contribution in [-0.4, -0.2) is 27.6 Å². The van der Waals surface area contributed by atoms with Crippen LogP contribution in [0.15, 0.2) is 36.7 Å². The van der Waals surface area contributed by atoms with E-state index in [2.05, 4.69) is 41.4 Å². The van der Waals surface area contributed by atoms with E-state index in [1.165, 1.54) is 25.5 Å². The number of carbonyl (C=O) groups is 1. The lowest BCUT2D eigenvalue weighted by molar-refractivity contribution is 0.0601. The number of rotatable bonds is 4. The number of hydrogen-bond acceptors (Lipinski definition) is 4. The first-order chi connectivity index (χ1) is 15.2. The van der Waals surface area contributed by atoms with Gasteiger partial charge in [0.2, 0.25) is 0 Å². The number of aryl methyl sites for hydroxylation is 1. The van der Waals surface area contributed by atoms with Gasteiger partial charge in [-0.3, -0.25) is 9.97 Å². The Morgan fingerprint density at radius 3 is 2.42 bits per heavy atom. The maximum Gasteiger partial charge on any atom is 0.337 e. The predicted molar refractivity (Wildman–Crippen MR) is 129 cm³/mol. The van der Waals surface area contributed by atoms with Crippen molar-refractivity contribution in [3.05, 3.63) is 53.5 Å². The van der Waals surface area contributed by atoms with Crippen molar-refractivity contribution in [2.24, 2.45) is 0 Å². The summed E-state index contributed by atoms with van der Waals surface area (Å²) in [6.07, 6.45) is 12.2. The van der Waals surface area contributed by atoms with Crippen LogP contribution in [-0.2, 0) is 17.7 Å². The maximum absolute atomic E-state index is 12.0. The lowest BCUT2D eigenvalue weighted by Gasteiger charge is -2.09. The van der Waals surface area contributed by atoms with Crippen molar-refractivity contribution in [1.29, 1.82) is 0 Å². The zero-order valence-electron chi connectivity index (χ0n) is 19.7. The van der Waals surface area contributed by atoms with Gasteiger partial charge in [0.15, 0.2) is 0 Å². The fourth-order valence-electron chi connectivity index (χ4n) is 3.55. The van der Waals surface area contributed by atoms with E-state index in [-0.39, 0.29) is 5.97 Å². The molecule has 0 N–H and O–H groups in total. The molecule has 1 aromatic carbocycles. The zero-order valence-corrected chi connectivity index (χ0v) is 19.7. The number of unbranched alkanes of at least 4 members (excludes halogenated alkanes) is 1. The Morgan fingerprint density at radius 2 is 1.77 bits per heavy atom. The first-order valence-electron chi connectivity index (χ1n) is 11.4. The monoisotopic (exact) mass is 421 g/mol. The minimum atomic E-state index is -0.321. The van der Waals surface area contributed by atoms with Gasteiger partial charge in [0, 0.05) is 29.8 Å². The molecule has 3 aromatic rings. The summed E-state index contributed by atoms with van der Waals surface area (Å²) in [5.41, 5.74) is 5.74. The molecular weight excluding hydrogens is 386 g/mol. The average Bonchev–Trinajstić information content (AvgIpc) is 2.99. The topological polar surface area (TPSA) is 57.0 Å². The fraction of sp³-hybridized carbons (Fsp3) is 0.423. The Hall–Kier alpha value is -2.95. The quantitative estimate of drug-likeness (QED) is 0.440. The Balaban J connectivity index is 0.000000513. The molecule has 31 heavy (non-hydrogen) atoms. The molecule has 5 heteroatoms. The van der Waals surface area contributed by atoms with E-state index in [1.54, 1.807) is 12.4 Å². The number of carbonyl (C=O) groups excluding carboxylic acids is 1. The molecule has 4 rings (SSSR count). The van der Waals surface area contributed by atoms with Gasteiger partial charge >= 0.3 is 5.97 Å². The maximum atomic E-state index is 12.0. The third-order valence-corrected chi connectivity index (χ3v) is 5.11. The molecule has 0 unspecified atom stereocenters. The number of hydrogen-bond donors (Lipinski definition) is 0. The van der Waals surface area contributed by atoms with Crippen molar-refractivity contribution in [2.75, 3.05) is 7.11 Å². The molecule has 0 spiro atoms. The van der Waals surface area contributed by atoms with Gasteiger partial charge in [-0.25, -0.2) is 4.79 Å². The second kappa shape index (κ2) is 12.0. The molecule has 0 atom stereocenters. The molecule has 0 saturated carbocycles. The number of fused-ring (bicyclic) bond motifs is 5. The van der Waals surface area contributed by atoms with Crippen molar-refractivity contribution in [3.63, 3.8) is 0 Å². The van der Waals surface area contributed by atoms with Crippen LogP contribution in [0.3, 0.4) is 0 Å². The van der Waals surface area contributed by atoms with Crippen molar-refractivity contribution < 1.29 is 9.53 Å². The molecular formula is C26H35N3O2. The number of allylic oxidation sites excluding steroid dienone is 1. The number of aromatic nitrogens is 3. The summed E-state index contributed by atoms with van der Waals surface area (Å²) in [5, 5.41) is 1.16. The van der Waals surface area contributed by atoms with Crippen molar-refractivity contribution >= 4 is 22.9 Å². The van der Waals surface area contributed by atoms with Gasteiger partial charge in [0.1, 0.15) is 5.69 Å². The molecule has 2 aromatic heterocycles. The van der Waals surface area contributed by atoms with Crippen LogP contribution in [0.1, 0.15) is 75.5 Å². The molecule has 0 aliphatic carbocycles. The third-order valence-electron chi connectivity index (χ3n) is 5.11. The summed E-state index contributed by atoms with van der Waals surface area (Å²) in [4.78, 5) is 21.0. The molecule has 166 valence electrons. The highest BCUT2D eigenvalue weighted by molar-refractivity contribution is 5.98. The van der Waals surface area contributed by atoms with Gasteiger partial charge in [-0.1, -0.05) is 66.0 Å². The number of nitrogens with zero attached hydrogens (tertiary/aromatic N) is 3. The molecule has 1 aliphatic heterocycles. The van der Waals surface area contributed by atoms with E-state index in [1.807, 2.05) is 38.1 Å². The first kappa shape index (κ1) is 24.3. The van der Waals surface area contributed by atoms with E-state index >= 15 is 0 Å². The highest BCUT2D eigenvalue weighted by atomic mass is 16.5. The van der Waals surface area contributed by atoms with Gasteiger partial charge in [-0.05, 0) is 30.2 Å². The SMILES string of the molecule is CC.CCCC.CCCc1c2n(c3cc(C(=O)OC)ccc13)CC=Cc1nccnc1-2. The highest BCUT2D eigenvalue weighted by Crippen LogP contribution is 2.37. The normalized spacial score (nSPS) is 11.3. The van der Waals surface area contributed by atoms with Crippen LogP contribution in [0, 0.1) is 0 Å². The molecule has 1 aliphatic rings. The summed E-state index contributed by atoms with van der Waals surface area (Å²) in [6, 6.07) is 5.77. The lowest BCUT2D eigenvalue weighted by Crippen LogP contribution is -2.02. The molecule has 0 amide bonds. The number of esters is 1. The van der Waals surface area contributed by atoms with Gasteiger partial charge in [0.25, 0.3) is 0 Å². The van der Waals surface area contributed by atoms with Gasteiger partial charge < -0.3 is 9.30 Å². The van der Waals surface area contributed by atoms with Crippen LogP contribution in [0.25, 0.3) is 28.4 Å². The first-order valence-corrected chi connectivity index (χ1v) is 11.4. The predicted octanol–water partition coefficient (Wildman–Crippen LogP) is 6.70. The smallest absolute Gasteiger partial charge is 0.337 e. The molecule has 0 radical (unpaired) electrons. The molecule has 0 saturated heterocycles. The zero-order chi connectivity index (χ0) is 22.8. The largest absolute Gasteiger partial charge is 0.465 e. The summed E-state index contributed by atoms with van der Waals surface area (Å²) in [7, 11) is 1.41. The Bertz CT molecular complexity index is 1030. The van der Waals surface area contributed by atoms with E-state index in [0.717, 1.165) is 47.4 Å². The van der Waals surface area contributed by atoms with Crippen molar-refractivity contribution in [1.82, 2.24) is 14.5 Å². The second-order valence-electron chi connectivity index (χ2n) is 7.10. The summed E-state index contributed by atoms with van der Waals surface area (Å²) in [6.45, 7) is 11.3. The van der Waals surface area contributed by atoms with Gasteiger partial charge in [-0.2, -0.15) is 0 Å². The van der Waals surface area contributed by atoms with E-state index in [0.29, 0.717) is 5.56 Å². The van der Waals surface area contributed by atoms with Gasteiger partial charge in [0.05, 0.1) is 24.1 Å². The van der Waals surface area contributed by atoms with E-state index in [4.69, 9.17) is 4.74 Å². The minimum absolute atomic E-state index is 0.321. The Labute approximate surface area is 186 Å². The van der Waals surface area contributed by atoms with Crippen LogP contribution in [0.4, 0.5) is 0 Å².